The zero-order valence-electron chi connectivity index (χ0n) is 9.07. The standard InChI is InChI=1S/C12H15N3/c1-9(2)15-12-11-10(5-3-7-13-11)6-4-8-14-12/h3-5,7-9H,6H2,1-2H3,(H,14,15). The average Bonchev–Trinajstić information content (AvgIpc) is 2.41. The van der Waals surface area contributed by atoms with E-state index in [9.17, 15) is 0 Å². The predicted molar refractivity (Wildman–Crippen MR) is 61.9 cm³/mol. The van der Waals surface area contributed by atoms with E-state index in [-0.39, 0.29) is 6.04 Å². The van der Waals surface area contributed by atoms with Crippen molar-refractivity contribution >= 4 is 5.84 Å². The summed E-state index contributed by atoms with van der Waals surface area (Å²) >= 11 is 0. The van der Waals surface area contributed by atoms with Crippen molar-refractivity contribution in [3.05, 3.63) is 41.9 Å². The molecule has 1 aliphatic heterocycles. The lowest BCUT2D eigenvalue weighted by Crippen LogP contribution is -2.21. The second-order valence-electron chi connectivity index (χ2n) is 3.83. The summed E-state index contributed by atoms with van der Waals surface area (Å²) in [6.07, 6.45) is 6.74. The molecule has 1 aromatic heterocycles. The first kappa shape index (κ1) is 9.90. The number of hydrogen-bond acceptors (Lipinski definition) is 2. The number of hydrogen-bond donors (Lipinski definition) is 1. The molecule has 0 saturated heterocycles. The van der Waals surface area contributed by atoms with Crippen LogP contribution in [0.1, 0.15) is 25.1 Å². The third kappa shape index (κ3) is 2.24. The van der Waals surface area contributed by atoms with E-state index in [0.29, 0.717) is 0 Å². The van der Waals surface area contributed by atoms with Gasteiger partial charge in [0.25, 0.3) is 0 Å². The highest BCUT2D eigenvalue weighted by atomic mass is 15.0. The average molecular weight is 201 g/mol. The zero-order valence-corrected chi connectivity index (χ0v) is 9.07. The maximum Gasteiger partial charge on any atom is 0.151 e. The number of pyridine rings is 1. The summed E-state index contributed by atoms with van der Waals surface area (Å²) in [6.45, 7) is 4.12. The van der Waals surface area contributed by atoms with Gasteiger partial charge in [0.1, 0.15) is 5.69 Å². The molecule has 0 aromatic carbocycles. The van der Waals surface area contributed by atoms with E-state index in [1.54, 1.807) is 0 Å². The summed E-state index contributed by atoms with van der Waals surface area (Å²) in [5.74, 6) is 0.870. The van der Waals surface area contributed by atoms with Crippen LogP contribution >= 0.6 is 0 Å². The van der Waals surface area contributed by atoms with Crippen LogP contribution < -0.4 is 5.32 Å². The number of aliphatic imine (C=N–C) groups is 1. The Hall–Kier alpha value is -1.64. The highest BCUT2D eigenvalue weighted by molar-refractivity contribution is 5.99. The normalized spacial score (nSPS) is 17.4. The maximum atomic E-state index is 4.53. The fraction of sp³-hybridized carbons (Fsp3) is 0.333. The van der Waals surface area contributed by atoms with Crippen molar-refractivity contribution in [1.82, 2.24) is 10.3 Å². The summed E-state index contributed by atoms with van der Waals surface area (Å²) in [5.41, 5.74) is 2.19. The fourth-order valence-electron chi connectivity index (χ4n) is 1.57. The molecule has 0 saturated carbocycles. The Kier molecular flexibility index (Phi) is 2.81. The number of fused-ring (bicyclic) bond motifs is 1. The van der Waals surface area contributed by atoms with Crippen molar-refractivity contribution in [2.45, 2.75) is 26.3 Å². The van der Waals surface area contributed by atoms with Gasteiger partial charge in [-0.25, -0.2) is 0 Å². The van der Waals surface area contributed by atoms with Crippen LogP contribution in [-0.2, 0) is 6.42 Å². The lowest BCUT2D eigenvalue weighted by molar-refractivity contribution is 0.828. The van der Waals surface area contributed by atoms with Gasteiger partial charge in [0, 0.05) is 12.2 Å². The van der Waals surface area contributed by atoms with Crippen LogP contribution in [0, 0.1) is 0 Å². The number of aromatic nitrogens is 1. The number of nitrogens with zero attached hydrogens (tertiary/aromatic N) is 2. The lowest BCUT2D eigenvalue weighted by atomic mass is 10.1. The Bertz CT molecular complexity index is 405. The van der Waals surface area contributed by atoms with Crippen LogP contribution in [-0.4, -0.2) is 16.9 Å². The van der Waals surface area contributed by atoms with Crippen LogP contribution in [0.25, 0.3) is 0 Å². The largest absolute Gasteiger partial charge is 0.345 e. The van der Waals surface area contributed by atoms with Gasteiger partial charge < -0.3 is 5.32 Å². The number of amidine groups is 1. The van der Waals surface area contributed by atoms with Crippen LogP contribution in [0.3, 0.4) is 0 Å². The first-order valence-corrected chi connectivity index (χ1v) is 5.21. The van der Waals surface area contributed by atoms with E-state index in [1.165, 1.54) is 5.56 Å². The van der Waals surface area contributed by atoms with Gasteiger partial charge in [0.15, 0.2) is 5.84 Å². The smallest absolute Gasteiger partial charge is 0.151 e. The van der Waals surface area contributed by atoms with Crippen molar-refractivity contribution in [3.8, 4) is 0 Å². The molecule has 78 valence electrons. The first-order chi connectivity index (χ1) is 7.27. The summed E-state index contributed by atoms with van der Waals surface area (Å²) in [7, 11) is 0. The summed E-state index contributed by atoms with van der Waals surface area (Å²) in [6, 6.07) is 4.33. The highest BCUT2D eigenvalue weighted by Gasteiger charge is 2.11. The van der Waals surface area contributed by atoms with Gasteiger partial charge in [-0.1, -0.05) is 12.1 Å². The van der Waals surface area contributed by atoms with Crippen molar-refractivity contribution in [3.63, 3.8) is 0 Å². The molecule has 0 unspecified atom stereocenters. The van der Waals surface area contributed by atoms with E-state index in [4.69, 9.17) is 0 Å². The van der Waals surface area contributed by atoms with E-state index < -0.39 is 0 Å². The Morgan fingerprint density at radius 3 is 3.13 bits per heavy atom. The van der Waals surface area contributed by atoms with Crippen molar-refractivity contribution < 1.29 is 0 Å². The minimum atomic E-state index is 0.272. The second-order valence-corrected chi connectivity index (χ2v) is 3.83. The Morgan fingerprint density at radius 1 is 1.47 bits per heavy atom. The molecule has 3 nitrogen and oxygen atoms in total. The topological polar surface area (TPSA) is 37.3 Å². The molecule has 1 aromatic rings. The Balaban J connectivity index is 2.46. The number of nitrogens with one attached hydrogen (secondary N) is 1. The third-order valence-corrected chi connectivity index (χ3v) is 2.18. The van der Waals surface area contributed by atoms with Gasteiger partial charge in [-0.15, -0.1) is 0 Å². The van der Waals surface area contributed by atoms with Crippen LogP contribution in [0.5, 0.6) is 0 Å². The molecule has 0 bridgehead atoms. The molecular weight excluding hydrogens is 186 g/mol. The SMILES string of the molecule is CC(C)N=C1NC=CCc2cccnc21. The molecule has 0 spiro atoms. The summed E-state index contributed by atoms with van der Waals surface area (Å²) in [5, 5.41) is 3.18. The van der Waals surface area contributed by atoms with Crippen molar-refractivity contribution in [1.29, 1.82) is 0 Å². The zero-order chi connectivity index (χ0) is 10.7. The lowest BCUT2D eigenvalue weighted by Gasteiger charge is -2.08. The Morgan fingerprint density at radius 2 is 2.33 bits per heavy atom. The van der Waals surface area contributed by atoms with Gasteiger partial charge >= 0.3 is 0 Å². The molecule has 2 rings (SSSR count). The predicted octanol–water partition coefficient (Wildman–Crippen LogP) is 1.90. The molecule has 1 aliphatic rings. The molecule has 2 heterocycles. The molecule has 3 heteroatoms. The second kappa shape index (κ2) is 4.26. The number of allylic oxidation sites excluding steroid dienone is 1. The van der Waals surface area contributed by atoms with E-state index in [0.717, 1.165) is 18.0 Å². The van der Waals surface area contributed by atoms with Crippen molar-refractivity contribution in [2.24, 2.45) is 4.99 Å². The van der Waals surface area contributed by atoms with E-state index in [1.807, 2.05) is 18.5 Å². The first-order valence-electron chi connectivity index (χ1n) is 5.21. The Labute approximate surface area is 90.0 Å². The van der Waals surface area contributed by atoms with Crippen LogP contribution in [0.15, 0.2) is 35.6 Å². The molecule has 15 heavy (non-hydrogen) atoms. The van der Waals surface area contributed by atoms with Crippen LogP contribution in [0.2, 0.25) is 0 Å². The minimum Gasteiger partial charge on any atom is -0.345 e. The summed E-state index contributed by atoms with van der Waals surface area (Å²) in [4.78, 5) is 8.91. The monoisotopic (exact) mass is 201 g/mol. The quantitative estimate of drug-likeness (QED) is 0.753. The van der Waals surface area contributed by atoms with Gasteiger partial charge in [-0.2, -0.15) is 0 Å². The van der Waals surface area contributed by atoms with Crippen LogP contribution in [0.4, 0.5) is 0 Å². The molecule has 0 radical (unpaired) electrons. The third-order valence-electron chi connectivity index (χ3n) is 2.18. The molecular formula is C12H15N3. The van der Waals surface area contributed by atoms with E-state index in [2.05, 4.69) is 41.3 Å². The molecule has 0 amide bonds. The molecule has 0 fully saturated rings. The van der Waals surface area contributed by atoms with Gasteiger partial charge in [-0.3, -0.25) is 9.98 Å². The minimum absolute atomic E-state index is 0.272. The van der Waals surface area contributed by atoms with E-state index >= 15 is 0 Å². The van der Waals surface area contributed by atoms with Crippen molar-refractivity contribution in [2.75, 3.05) is 0 Å². The fourth-order valence-corrected chi connectivity index (χ4v) is 1.57. The molecule has 0 aliphatic carbocycles. The van der Waals surface area contributed by atoms with Gasteiger partial charge in [-0.05, 0) is 38.1 Å². The maximum absolute atomic E-state index is 4.53. The number of rotatable bonds is 1. The summed E-state index contributed by atoms with van der Waals surface area (Å²) < 4.78 is 0. The molecule has 0 atom stereocenters. The molecule has 1 N–H and O–H groups in total. The van der Waals surface area contributed by atoms with Gasteiger partial charge in [0.05, 0.1) is 0 Å². The van der Waals surface area contributed by atoms with Gasteiger partial charge in [0.2, 0.25) is 0 Å². The highest BCUT2D eigenvalue weighted by Crippen LogP contribution is 2.10.